The fourth-order valence-electron chi connectivity index (χ4n) is 2.49. The number of sulfone groups is 1. The molecule has 0 aromatic heterocycles. The monoisotopic (exact) mass is 308 g/mol. The molecular formula is C11H21FN4O3S. The number of piperazine rings is 1. The van der Waals surface area contributed by atoms with Crippen molar-refractivity contribution in [1.82, 2.24) is 20.9 Å². The standard InChI is InChI=1S/C11H21FN4O3S/c1-20(18,19)9-6-13-4-5-16(9)10(17)15-8-11(12)2-3-14-7-11/h9,13-14H,2-8H2,1H3,(H,15,17)/t9?,11-/m0/s1. The van der Waals surface area contributed by atoms with Gasteiger partial charge in [0.2, 0.25) is 0 Å². The lowest BCUT2D eigenvalue weighted by Gasteiger charge is -2.35. The summed E-state index contributed by atoms with van der Waals surface area (Å²) in [5.41, 5.74) is -1.44. The minimum absolute atomic E-state index is 0.0980. The lowest BCUT2D eigenvalue weighted by molar-refractivity contribution is 0.157. The van der Waals surface area contributed by atoms with Gasteiger partial charge in [0.05, 0.1) is 6.54 Å². The number of hydrogen-bond donors (Lipinski definition) is 3. The van der Waals surface area contributed by atoms with E-state index in [0.29, 0.717) is 26.1 Å². The number of rotatable bonds is 3. The minimum Gasteiger partial charge on any atom is -0.335 e. The Bertz CT molecular complexity index is 464. The molecule has 2 rings (SSSR count). The Balaban J connectivity index is 1.96. The first-order valence-electron chi connectivity index (χ1n) is 6.66. The molecule has 0 radical (unpaired) electrons. The van der Waals surface area contributed by atoms with Crippen LogP contribution >= 0.6 is 0 Å². The summed E-state index contributed by atoms with van der Waals surface area (Å²) >= 11 is 0. The molecule has 1 unspecified atom stereocenters. The molecule has 2 atom stereocenters. The van der Waals surface area contributed by atoms with Gasteiger partial charge in [-0.15, -0.1) is 0 Å². The SMILES string of the molecule is CS(=O)(=O)C1CNCCN1C(=O)NC[C@]1(F)CCNC1. The molecule has 0 aromatic rings. The van der Waals surface area contributed by atoms with Crippen LogP contribution in [0.3, 0.4) is 0 Å². The zero-order valence-corrected chi connectivity index (χ0v) is 12.3. The van der Waals surface area contributed by atoms with Crippen molar-refractivity contribution >= 4 is 15.9 Å². The van der Waals surface area contributed by atoms with Gasteiger partial charge in [-0.25, -0.2) is 17.6 Å². The fraction of sp³-hybridized carbons (Fsp3) is 0.909. The normalized spacial score (nSPS) is 31.3. The van der Waals surface area contributed by atoms with Gasteiger partial charge in [0.25, 0.3) is 0 Å². The van der Waals surface area contributed by atoms with Crippen LogP contribution in [0.2, 0.25) is 0 Å². The highest BCUT2D eigenvalue weighted by atomic mass is 32.2. The van der Waals surface area contributed by atoms with Crippen molar-refractivity contribution < 1.29 is 17.6 Å². The Hall–Kier alpha value is -0.930. The Morgan fingerprint density at radius 2 is 2.20 bits per heavy atom. The average molecular weight is 308 g/mol. The molecule has 2 fully saturated rings. The maximum absolute atomic E-state index is 14.1. The molecule has 116 valence electrons. The molecule has 3 N–H and O–H groups in total. The number of amides is 2. The minimum atomic E-state index is -3.38. The van der Waals surface area contributed by atoms with Crippen molar-refractivity contribution in [3.05, 3.63) is 0 Å². The predicted molar refractivity (Wildman–Crippen MR) is 72.9 cm³/mol. The van der Waals surface area contributed by atoms with E-state index in [1.807, 2.05) is 0 Å². The average Bonchev–Trinajstić information content (AvgIpc) is 2.82. The van der Waals surface area contributed by atoms with Crippen molar-refractivity contribution in [2.24, 2.45) is 0 Å². The van der Waals surface area contributed by atoms with Crippen LogP contribution in [0.4, 0.5) is 9.18 Å². The number of alkyl halides is 1. The maximum atomic E-state index is 14.1. The third-order valence-corrected chi connectivity index (χ3v) is 5.11. The summed E-state index contributed by atoms with van der Waals surface area (Å²) in [6, 6.07) is -0.522. The molecule has 2 aliphatic heterocycles. The Morgan fingerprint density at radius 3 is 2.80 bits per heavy atom. The first-order valence-corrected chi connectivity index (χ1v) is 8.61. The number of carbonyl (C=O) groups excluding carboxylic acids is 1. The molecule has 2 saturated heterocycles. The van der Waals surface area contributed by atoms with Crippen LogP contribution < -0.4 is 16.0 Å². The molecule has 0 aliphatic carbocycles. The highest BCUT2D eigenvalue weighted by Crippen LogP contribution is 2.18. The first-order chi connectivity index (χ1) is 9.32. The summed E-state index contributed by atoms with van der Waals surface area (Å²) in [4.78, 5) is 13.4. The number of halogens is 1. The van der Waals surface area contributed by atoms with Crippen molar-refractivity contribution in [1.29, 1.82) is 0 Å². The number of hydrogen-bond acceptors (Lipinski definition) is 5. The van der Waals surface area contributed by atoms with Gasteiger partial charge in [0.1, 0.15) is 11.0 Å². The molecule has 0 saturated carbocycles. The van der Waals surface area contributed by atoms with Gasteiger partial charge < -0.3 is 20.9 Å². The van der Waals surface area contributed by atoms with Crippen molar-refractivity contribution in [3.8, 4) is 0 Å². The van der Waals surface area contributed by atoms with Gasteiger partial charge in [-0.3, -0.25) is 0 Å². The molecule has 0 spiro atoms. The highest BCUT2D eigenvalue weighted by molar-refractivity contribution is 7.91. The first kappa shape index (κ1) is 15.5. The van der Waals surface area contributed by atoms with E-state index in [2.05, 4.69) is 16.0 Å². The lowest BCUT2D eigenvalue weighted by Crippen LogP contribution is -2.60. The molecule has 2 heterocycles. The van der Waals surface area contributed by atoms with Crippen LogP contribution in [0.1, 0.15) is 6.42 Å². The van der Waals surface area contributed by atoms with E-state index in [0.717, 1.165) is 6.26 Å². The maximum Gasteiger partial charge on any atom is 0.318 e. The summed E-state index contributed by atoms with van der Waals surface area (Å²) in [6.45, 7) is 1.73. The van der Waals surface area contributed by atoms with Crippen LogP contribution in [-0.4, -0.2) is 75.9 Å². The lowest BCUT2D eigenvalue weighted by atomic mass is 10.1. The zero-order valence-electron chi connectivity index (χ0n) is 11.5. The van der Waals surface area contributed by atoms with Gasteiger partial charge >= 0.3 is 6.03 Å². The molecule has 2 amide bonds. The second-order valence-corrected chi connectivity index (χ2v) is 7.62. The van der Waals surface area contributed by atoms with E-state index in [1.165, 1.54) is 4.90 Å². The van der Waals surface area contributed by atoms with Crippen molar-refractivity contribution in [2.75, 3.05) is 45.5 Å². The van der Waals surface area contributed by atoms with Crippen molar-refractivity contribution in [2.45, 2.75) is 17.5 Å². The van der Waals surface area contributed by atoms with E-state index in [9.17, 15) is 17.6 Å². The fourth-order valence-corrected chi connectivity index (χ4v) is 3.58. The van der Waals surface area contributed by atoms with Gasteiger partial charge in [-0.05, 0) is 13.0 Å². The Labute approximate surface area is 118 Å². The third-order valence-electron chi connectivity index (χ3n) is 3.70. The van der Waals surface area contributed by atoms with E-state index < -0.39 is 26.9 Å². The van der Waals surface area contributed by atoms with Crippen LogP contribution in [-0.2, 0) is 9.84 Å². The second-order valence-electron chi connectivity index (χ2n) is 5.42. The molecule has 20 heavy (non-hydrogen) atoms. The Morgan fingerprint density at radius 1 is 1.45 bits per heavy atom. The smallest absolute Gasteiger partial charge is 0.318 e. The topological polar surface area (TPSA) is 90.5 Å². The predicted octanol–water partition coefficient (Wildman–Crippen LogP) is -1.33. The number of nitrogens with one attached hydrogen (secondary N) is 3. The third kappa shape index (κ3) is 3.58. The van der Waals surface area contributed by atoms with E-state index in [-0.39, 0.29) is 19.6 Å². The van der Waals surface area contributed by atoms with Crippen LogP contribution in [0.5, 0.6) is 0 Å². The highest BCUT2D eigenvalue weighted by Gasteiger charge is 2.37. The van der Waals surface area contributed by atoms with Gasteiger partial charge in [0, 0.05) is 32.4 Å². The Kier molecular flexibility index (Phi) is 4.50. The quantitative estimate of drug-likeness (QED) is 0.601. The summed E-state index contributed by atoms with van der Waals surface area (Å²) < 4.78 is 37.5. The van der Waals surface area contributed by atoms with E-state index in [1.54, 1.807) is 0 Å². The van der Waals surface area contributed by atoms with Crippen LogP contribution in [0, 0.1) is 0 Å². The summed E-state index contributed by atoms with van der Waals surface area (Å²) in [5.74, 6) is 0. The van der Waals surface area contributed by atoms with E-state index in [4.69, 9.17) is 0 Å². The number of nitrogens with zero attached hydrogens (tertiary/aromatic N) is 1. The van der Waals surface area contributed by atoms with Gasteiger partial charge in [-0.2, -0.15) is 0 Å². The van der Waals surface area contributed by atoms with Crippen molar-refractivity contribution in [3.63, 3.8) is 0 Å². The molecular weight excluding hydrogens is 287 g/mol. The number of carbonyl (C=O) groups is 1. The molecule has 0 aromatic carbocycles. The van der Waals surface area contributed by atoms with Crippen LogP contribution in [0.15, 0.2) is 0 Å². The molecule has 2 aliphatic rings. The summed E-state index contributed by atoms with van der Waals surface area (Å²) in [5, 5.41) is 7.47. The summed E-state index contributed by atoms with van der Waals surface area (Å²) in [7, 11) is -3.38. The van der Waals surface area contributed by atoms with E-state index >= 15 is 0 Å². The molecule has 9 heteroatoms. The zero-order chi connectivity index (χ0) is 14.8. The second kappa shape index (κ2) is 5.82. The number of urea groups is 1. The van der Waals surface area contributed by atoms with Crippen LogP contribution in [0.25, 0.3) is 0 Å². The molecule has 0 bridgehead atoms. The largest absolute Gasteiger partial charge is 0.335 e. The molecule has 7 nitrogen and oxygen atoms in total. The van der Waals surface area contributed by atoms with Gasteiger partial charge in [0.15, 0.2) is 9.84 Å². The summed E-state index contributed by atoms with van der Waals surface area (Å²) in [6.07, 6.45) is 1.45. The van der Waals surface area contributed by atoms with Gasteiger partial charge in [-0.1, -0.05) is 0 Å².